The van der Waals surface area contributed by atoms with Crippen LogP contribution >= 0.6 is 15.9 Å². The average molecular weight is 281 g/mol. The summed E-state index contributed by atoms with van der Waals surface area (Å²) < 4.78 is 38.6. The Hall–Kier alpha value is -0.550. The van der Waals surface area contributed by atoms with Crippen LogP contribution in [0.15, 0.2) is 22.7 Å². The maximum atomic E-state index is 12.7. The Balaban J connectivity index is 2.56. The zero-order chi connectivity index (χ0) is 11.3. The lowest BCUT2D eigenvalue weighted by Gasteiger charge is -2.26. The van der Waals surface area contributed by atoms with E-state index in [1.54, 1.807) is 12.1 Å². The number of halogens is 4. The van der Waals surface area contributed by atoms with Gasteiger partial charge in [-0.15, -0.1) is 0 Å². The maximum absolute atomic E-state index is 12.7. The number of aryl methyl sites for hydroxylation is 1. The van der Waals surface area contributed by atoms with E-state index in [1.165, 1.54) is 6.07 Å². The molecule has 15 heavy (non-hydrogen) atoms. The maximum Gasteiger partial charge on any atom is 0.421 e. The summed E-state index contributed by atoms with van der Waals surface area (Å²) in [5, 5.41) is 9.66. The van der Waals surface area contributed by atoms with Gasteiger partial charge in [0.25, 0.3) is 0 Å². The molecule has 0 saturated heterocycles. The van der Waals surface area contributed by atoms with Crippen molar-refractivity contribution in [1.29, 1.82) is 0 Å². The predicted octanol–water partition coefficient (Wildman–Crippen LogP) is 3.15. The molecule has 1 aliphatic carbocycles. The summed E-state index contributed by atoms with van der Waals surface area (Å²) in [7, 11) is 0. The largest absolute Gasteiger partial charge is 0.421 e. The lowest BCUT2D eigenvalue weighted by Crippen LogP contribution is -2.40. The van der Waals surface area contributed by atoms with Crippen LogP contribution in [-0.2, 0) is 12.0 Å². The van der Waals surface area contributed by atoms with Crippen LogP contribution in [0.1, 0.15) is 17.5 Å². The predicted molar refractivity (Wildman–Crippen MR) is 52.4 cm³/mol. The van der Waals surface area contributed by atoms with Crippen LogP contribution in [0.25, 0.3) is 0 Å². The van der Waals surface area contributed by atoms with Crippen molar-refractivity contribution in [3.63, 3.8) is 0 Å². The molecule has 5 heteroatoms. The second-order valence-electron chi connectivity index (χ2n) is 3.66. The second kappa shape index (κ2) is 3.22. The first-order valence-corrected chi connectivity index (χ1v) is 5.22. The van der Waals surface area contributed by atoms with Crippen LogP contribution in [0.4, 0.5) is 13.2 Å². The monoisotopic (exact) mass is 280 g/mol. The highest BCUT2D eigenvalue weighted by Gasteiger charge is 2.57. The van der Waals surface area contributed by atoms with Gasteiger partial charge in [-0.3, -0.25) is 0 Å². The first kappa shape index (κ1) is 11.0. The number of hydrogen-bond donors (Lipinski definition) is 1. The third kappa shape index (κ3) is 1.58. The molecular weight excluding hydrogens is 273 g/mol. The molecule has 0 heterocycles. The summed E-state index contributed by atoms with van der Waals surface area (Å²) in [5.74, 6) is 0. The summed E-state index contributed by atoms with van der Waals surface area (Å²) in [6.07, 6.45) is -4.64. The van der Waals surface area contributed by atoms with E-state index in [0.29, 0.717) is 10.0 Å². The topological polar surface area (TPSA) is 20.2 Å². The van der Waals surface area contributed by atoms with E-state index in [2.05, 4.69) is 15.9 Å². The molecule has 1 aliphatic rings. The zero-order valence-electron chi connectivity index (χ0n) is 7.61. The molecule has 0 bridgehead atoms. The highest BCUT2D eigenvalue weighted by Crippen LogP contribution is 2.48. The highest BCUT2D eigenvalue weighted by atomic mass is 79.9. The van der Waals surface area contributed by atoms with Crippen molar-refractivity contribution in [1.82, 2.24) is 0 Å². The van der Waals surface area contributed by atoms with Crippen LogP contribution < -0.4 is 0 Å². The summed E-state index contributed by atoms with van der Waals surface area (Å²) in [6.45, 7) is 0. The van der Waals surface area contributed by atoms with Gasteiger partial charge in [0, 0.05) is 4.47 Å². The molecule has 0 aliphatic heterocycles. The first-order chi connectivity index (χ1) is 6.84. The standard InChI is InChI=1S/C10H8BrF3O/c11-7-2-1-6-3-4-9(15,8(6)5-7)10(12,13)14/h1-2,5,15H,3-4H2. The van der Waals surface area contributed by atoms with Gasteiger partial charge in [0.05, 0.1) is 0 Å². The zero-order valence-corrected chi connectivity index (χ0v) is 9.19. The molecule has 1 N–H and O–H groups in total. The van der Waals surface area contributed by atoms with E-state index in [0.717, 1.165) is 0 Å². The fourth-order valence-corrected chi connectivity index (χ4v) is 2.26. The summed E-state index contributed by atoms with van der Waals surface area (Å²) in [5.41, 5.74) is -2.13. The highest BCUT2D eigenvalue weighted by molar-refractivity contribution is 9.10. The molecule has 0 aromatic heterocycles. The lowest BCUT2D eigenvalue weighted by atomic mass is 9.95. The quantitative estimate of drug-likeness (QED) is 0.774. The van der Waals surface area contributed by atoms with Gasteiger partial charge < -0.3 is 5.11 Å². The minimum absolute atomic E-state index is 0.0237. The fraction of sp³-hybridized carbons (Fsp3) is 0.400. The van der Waals surface area contributed by atoms with Crippen molar-refractivity contribution in [2.75, 3.05) is 0 Å². The van der Waals surface area contributed by atoms with Crippen LogP contribution in [0.5, 0.6) is 0 Å². The van der Waals surface area contributed by atoms with Crippen molar-refractivity contribution >= 4 is 15.9 Å². The summed E-state index contributed by atoms with van der Waals surface area (Å²) in [4.78, 5) is 0. The summed E-state index contributed by atoms with van der Waals surface area (Å²) in [6, 6.07) is 4.64. The van der Waals surface area contributed by atoms with E-state index in [9.17, 15) is 18.3 Å². The van der Waals surface area contributed by atoms with E-state index < -0.39 is 11.8 Å². The number of hydrogen-bond acceptors (Lipinski definition) is 1. The van der Waals surface area contributed by atoms with Crippen LogP contribution in [0.2, 0.25) is 0 Å². The molecule has 1 aromatic carbocycles. The van der Waals surface area contributed by atoms with Gasteiger partial charge in [0.15, 0.2) is 5.60 Å². The number of aliphatic hydroxyl groups is 1. The Kier molecular flexibility index (Phi) is 2.35. The number of fused-ring (bicyclic) bond motifs is 1. The minimum atomic E-state index is -4.61. The molecule has 1 atom stereocenters. The van der Waals surface area contributed by atoms with E-state index in [4.69, 9.17) is 0 Å². The number of alkyl halides is 3. The Morgan fingerprint density at radius 1 is 1.33 bits per heavy atom. The Labute approximate surface area is 93.0 Å². The number of rotatable bonds is 0. The molecule has 1 aromatic rings. The van der Waals surface area contributed by atoms with Crippen LogP contribution in [0, 0.1) is 0 Å². The van der Waals surface area contributed by atoms with Gasteiger partial charge >= 0.3 is 6.18 Å². The number of benzene rings is 1. The van der Waals surface area contributed by atoms with Crippen molar-refractivity contribution in [2.45, 2.75) is 24.6 Å². The van der Waals surface area contributed by atoms with Crippen LogP contribution in [0.3, 0.4) is 0 Å². The van der Waals surface area contributed by atoms with Gasteiger partial charge in [0.2, 0.25) is 0 Å². The molecule has 1 nitrogen and oxygen atoms in total. The lowest BCUT2D eigenvalue weighted by molar-refractivity contribution is -0.265. The van der Waals surface area contributed by atoms with Crippen molar-refractivity contribution in [3.05, 3.63) is 33.8 Å². The molecule has 0 saturated carbocycles. The van der Waals surface area contributed by atoms with Gasteiger partial charge in [-0.05, 0) is 36.1 Å². The SMILES string of the molecule is OC1(C(F)(F)F)CCc2ccc(Br)cc21. The fourth-order valence-electron chi connectivity index (χ4n) is 1.90. The van der Waals surface area contributed by atoms with Crippen LogP contribution in [-0.4, -0.2) is 11.3 Å². The average Bonchev–Trinajstić information content (AvgIpc) is 2.44. The Morgan fingerprint density at radius 2 is 2.00 bits per heavy atom. The Bertz CT molecular complexity index is 402. The molecular formula is C10H8BrF3O. The van der Waals surface area contributed by atoms with Gasteiger partial charge in [-0.2, -0.15) is 13.2 Å². The third-order valence-electron chi connectivity index (χ3n) is 2.74. The van der Waals surface area contributed by atoms with Crippen molar-refractivity contribution in [2.24, 2.45) is 0 Å². The van der Waals surface area contributed by atoms with E-state index in [1.807, 2.05) is 0 Å². The van der Waals surface area contributed by atoms with Gasteiger partial charge in [-0.25, -0.2) is 0 Å². The second-order valence-corrected chi connectivity index (χ2v) is 4.58. The van der Waals surface area contributed by atoms with Gasteiger partial charge in [-0.1, -0.05) is 22.0 Å². The molecule has 2 rings (SSSR count). The van der Waals surface area contributed by atoms with Gasteiger partial charge in [0.1, 0.15) is 0 Å². The molecule has 82 valence electrons. The molecule has 0 radical (unpaired) electrons. The van der Waals surface area contributed by atoms with E-state index in [-0.39, 0.29) is 18.4 Å². The minimum Gasteiger partial charge on any atom is -0.376 e. The molecule has 0 spiro atoms. The van der Waals surface area contributed by atoms with Crippen molar-refractivity contribution < 1.29 is 18.3 Å². The molecule has 0 amide bonds. The molecule has 1 unspecified atom stereocenters. The third-order valence-corrected chi connectivity index (χ3v) is 3.24. The van der Waals surface area contributed by atoms with Crippen molar-refractivity contribution in [3.8, 4) is 0 Å². The van der Waals surface area contributed by atoms with E-state index >= 15 is 0 Å². The summed E-state index contributed by atoms with van der Waals surface area (Å²) >= 11 is 3.10. The normalized spacial score (nSPS) is 25.4. The smallest absolute Gasteiger partial charge is 0.376 e. The Morgan fingerprint density at radius 3 is 2.60 bits per heavy atom. The first-order valence-electron chi connectivity index (χ1n) is 4.42. The molecule has 0 fully saturated rings.